The maximum atomic E-state index is 12.5. The van der Waals surface area contributed by atoms with Gasteiger partial charge < -0.3 is 9.47 Å². The van der Waals surface area contributed by atoms with Crippen LogP contribution in [0.3, 0.4) is 0 Å². The summed E-state index contributed by atoms with van der Waals surface area (Å²) in [5.74, 6) is -0.548. The molecule has 6 heteroatoms. The summed E-state index contributed by atoms with van der Waals surface area (Å²) < 4.78 is 11.6. The lowest BCUT2D eigenvalue weighted by molar-refractivity contribution is -0.129. The van der Waals surface area contributed by atoms with Gasteiger partial charge in [-0.2, -0.15) is 0 Å². The van der Waals surface area contributed by atoms with E-state index in [9.17, 15) is 9.59 Å². The summed E-state index contributed by atoms with van der Waals surface area (Å²) in [5.41, 5.74) is 2.04. The van der Waals surface area contributed by atoms with Crippen molar-refractivity contribution in [3.8, 4) is 5.75 Å². The Bertz CT molecular complexity index is 1210. The Morgan fingerprint density at radius 3 is 2.39 bits per heavy atom. The molecule has 0 unspecified atom stereocenters. The lowest BCUT2D eigenvalue weighted by atomic mass is 10.1. The lowest BCUT2D eigenvalue weighted by Gasteiger charge is -2.07. The van der Waals surface area contributed by atoms with Crippen molar-refractivity contribution in [2.75, 3.05) is 0 Å². The van der Waals surface area contributed by atoms with Crippen molar-refractivity contribution in [3.05, 3.63) is 112 Å². The number of benzene rings is 3. The number of carbonyl (C=O) groups is 2. The van der Waals surface area contributed by atoms with Gasteiger partial charge in [0, 0.05) is 16.1 Å². The number of cyclic esters (lactones) is 1. The quantitative estimate of drug-likeness (QED) is 0.271. The minimum absolute atomic E-state index is 0.125. The molecule has 0 N–H and O–H groups in total. The van der Waals surface area contributed by atoms with E-state index in [0.717, 1.165) is 10.0 Å². The average molecular weight is 474 g/mol. The third kappa shape index (κ3) is 5.24. The first kappa shape index (κ1) is 20.5. The van der Waals surface area contributed by atoms with Crippen LogP contribution in [-0.4, -0.2) is 17.8 Å². The topological polar surface area (TPSA) is 65.0 Å². The van der Waals surface area contributed by atoms with E-state index in [0.29, 0.717) is 16.9 Å². The number of esters is 2. The van der Waals surface area contributed by atoms with Gasteiger partial charge in [-0.05, 0) is 48.0 Å². The summed E-state index contributed by atoms with van der Waals surface area (Å²) >= 11 is 3.34. The minimum Gasteiger partial charge on any atom is -0.422 e. The summed E-state index contributed by atoms with van der Waals surface area (Å²) in [7, 11) is 0. The van der Waals surface area contributed by atoms with Crippen LogP contribution < -0.4 is 4.74 Å². The molecule has 0 atom stereocenters. The zero-order chi connectivity index (χ0) is 21.6. The van der Waals surface area contributed by atoms with E-state index < -0.39 is 11.9 Å². The fraction of sp³-hybridized carbons (Fsp3) is 0. The van der Waals surface area contributed by atoms with Gasteiger partial charge in [0.15, 0.2) is 5.70 Å². The number of carbonyl (C=O) groups excluding carboxylic acids is 2. The number of nitrogens with zero attached hydrogens (tertiary/aromatic N) is 1. The van der Waals surface area contributed by atoms with Gasteiger partial charge >= 0.3 is 11.9 Å². The molecule has 1 aliphatic rings. The van der Waals surface area contributed by atoms with Crippen molar-refractivity contribution in [2.45, 2.75) is 0 Å². The number of hydrogen-bond acceptors (Lipinski definition) is 5. The molecule has 0 saturated heterocycles. The SMILES string of the molecule is O=C1OC(/C=C/c2ccccc2)=NC/1=C/c1ccccc1OC(=O)c1ccc(Br)cc1. The van der Waals surface area contributed by atoms with E-state index in [-0.39, 0.29) is 11.6 Å². The maximum Gasteiger partial charge on any atom is 0.363 e. The van der Waals surface area contributed by atoms with Crippen LogP contribution in [0.1, 0.15) is 21.5 Å². The first-order chi connectivity index (χ1) is 15.1. The number of ether oxygens (including phenoxy) is 2. The van der Waals surface area contributed by atoms with E-state index in [4.69, 9.17) is 9.47 Å². The molecule has 0 bridgehead atoms. The highest BCUT2D eigenvalue weighted by Crippen LogP contribution is 2.25. The minimum atomic E-state index is -0.568. The fourth-order valence-corrected chi connectivity index (χ4v) is 3.08. The molecule has 0 amide bonds. The van der Waals surface area contributed by atoms with Gasteiger partial charge in [-0.3, -0.25) is 0 Å². The Morgan fingerprint density at radius 2 is 1.61 bits per heavy atom. The van der Waals surface area contributed by atoms with Crippen molar-refractivity contribution in [3.63, 3.8) is 0 Å². The molecule has 0 fully saturated rings. The molecule has 3 aromatic rings. The fourth-order valence-electron chi connectivity index (χ4n) is 2.81. The van der Waals surface area contributed by atoms with Crippen molar-refractivity contribution in [1.82, 2.24) is 0 Å². The van der Waals surface area contributed by atoms with Crippen LogP contribution in [0.5, 0.6) is 5.75 Å². The van der Waals surface area contributed by atoms with Gasteiger partial charge in [-0.1, -0.05) is 64.5 Å². The Morgan fingerprint density at radius 1 is 0.903 bits per heavy atom. The van der Waals surface area contributed by atoms with Crippen LogP contribution in [0.2, 0.25) is 0 Å². The maximum absolute atomic E-state index is 12.5. The van der Waals surface area contributed by atoms with Gasteiger partial charge in [0.05, 0.1) is 5.56 Å². The summed E-state index contributed by atoms with van der Waals surface area (Å²) in [6, 6.07) is 23.4. The number of halogens is 1. The highest BCUT2D eigenvalue weighted by atomic mass is 79.9. The van der Waals surface area contributed by atoms with E-state index in [1.807, 2.05) is 36.4 Å². The predicted molar refractivity (Wildman–Crippen MR) is 123 cm³/mol. The first-order valence-corrected chi connectivity index (χ1v) is 10.2. The molecule has 1 aliphatic heterocycles. The highest BCUT2D eigenvalue weighted by molar-refractivity contribution is 9.10. The van der Waals surface area contributed by atoms with Crippen molar-refractivity contribution < 1.29 is 19.1 Å². The molecule has 0 radical (unpaired) electrons. The summed E-state index contributed by atoms with van der Waals surface area (Å²) in [6.07, 6.45) is 4.98. The molecule has 0 aromatic heterocycles. The van der Waals surface area contributed by atoms with Gasteiger partial charge in [0.2, 0.25) is 5.90 Å². The summed E-state index contributed by atoms with van der Waals surface area (Å²) in [5, 5.41) is 0. The molecule has 3 aromatic carbocycles. The van der Waals surface area contributed by atoms with Crippen molar-refractivity contribution >= 4 is 45.9 Å². The molecule has 0 aliphatic carbocycles. The van der Waals surface area contributed by atoms with Gasteiger partial charge in [-0.15, -0.1) is 0 Å². The van der Waals surface area contributed by atoms with Gasteiger partial charge in [-0.25, -0.2) is 14.6 Å². The molecule has 0 spiro atoms. The van der Waals surface area contributed by atoms with E-state index in [2.05, 4.69) is 20.9 Å². The molecule has 0 saturated carbocycles. The molecule has 5 nitrogen and oxygen atoms in total. The van der Waals surface area contributed by atoms with Crippen LogP contribution in [0.25, 0.3) is 12.2 Å². The Labute approximate surface area is 187 Å². The molecule has 1 heterocycles. The van der Waals surface area contributed by atoms with E-state index in [1.54, 1.807) is 54.6 Å². The second kappa shape index (κ2) is 9.36. The van der Waals surface area contributed by atoms with Crippen LogP contribution in [0.4, 0.5) is 0 Å². The zero-order valence-corrected chi connectivity index (χ0v) is 17.8. The smallest absolute Gasteiger partial charge is 0.363 e. The molecular weight excluding hydrogens is 458 g/mol. The van der Waals surface area contributed by atoms with Crippen LogP contribution in [0.15, 0.2) is 100 Å². The average Bonchev–Trinajstić information content (AvgIpc) is 3.14. The second-order valence-corrected chi connectivity index (χ2v) is 7.46. The van der Waals surface area contributed by atoms with Crippen LogP contribution in [0, 0.1) is 0 Å². The Balaban J connectivity index is 1.55. The molecule has 152 valence electrons. The van der Waals surface area contributed by atoms with Gasteiger partial charge in [0.25, 0.3) is 0 Å². The van der Waals surface area contributed by atoms with E-state index in [1.165, 1.54) is 6.08 Å². The molecular formula is C25H16BrNO4. The number of aliphatic imine (C=N–C) groups is 1. The lowest BCUT2D eigenvalue weighted by Crippen LogP contribution is -2.09. The number of hydrogen-bond donors (Lipinski definition) is 0. The standard InChI is InChI=1S/C25H16BrNO4/c26-20-13-11-18(12-14-20)24(28)30-22-9-5-4-8-19(22)16-21-25(29)31-23(27-21)15-10-17-6-2-1-3-7-17/h1-16H/b15-10+,21-16+. The van der Waals surface area contributed by atoms with Crippen LogP contribution in [-0.2, 0) is 9.53 Å². The largest absolute Gasteiger partial charge is 0.422 e. The summed E-state index contributed by atoms with van der Waals surface area (Å²) in [6.45, 7) is 0. The monoisotopic (exact) mass is 473 g/mol. The van der Waals surface area contributed by atoms with Crippen molar-refractivity contribution in [2.24, 2.45) is 4.99 Å². The molecule has 31 heavy (non-hydrogen) atoms. The van der Waals surface area contributed by atoms with E-state index >= 15 is 0 Å². The zero-order valence-electron chi connectivity index (χ0n) is 16.2. The number of rotatable bonds is 5. The summed E-state index contributed by atoms with van der Waals surface area (Å²) in [4.78, 5) is 28.9. The third-order valence-electron chi connectivity index (χ3n) is 4.35. The van der Waals surface area contributed by atoms with Crippen LogP contribution >= 0.6 is 15.9 Å². The van der Waals surface area contributed by atoms with Gasteiger partial charge in [0.1, 0.15) is 5.75 Å². The Kier molecular flexibility index (Phi) is 6.19. The highest BCUT2D eigenvalue weighted by Gasteiger charge is 2.22. The molecule has 4 rings (SSSR count). The second-order valence-electron chi connectivity index (χ2n) is 6.55. The normalized spacial score (nSPS) is 14.5. The predicted octanol–water partition coefficient (Wildman–Crippen LogP) is 5.68. The van der Waals surface area contributed by atoms with Crippen molar-refractivity contribution in [1.29, 1.82) is 0 Å². The third-order valence-corrected chi connectivity index (χ3v) is 4.88. The Hall–Kier alpha value is -3.77. The first-order valence-electron chi connectivity index (χ1n) is 9.41. The number of para-hydroxylation sites is 1.